The number of alkyl halides is 3. The van der Waals surface area contributed by atoms with E-state index in [0.29, 0.717) is 28.4 Å². The molecule has 0 aromatic heterocycles. The van der Waals surface area contributed by atoms with Gasteiger partial charge in [0.25, 0.3) is 5.91 Å². The number of halogens is 3. The Morgan fingerprint density at radius 3 is 2.33 bits per heavy atom. The zero-order chi connectivity index (χ0) is 31.6. The molecule has 0 radical (unpaired) electrons. The van der Waals surface area contributed by atoms with E-state index < -0.39 is 34.2 Å². The van der Waals surface area contributed by atoms with Crippen LogP contribution in [0, 0.1) is 13.8 Å². The molecule has 2 aromatic rings. The highest BCUT2D eigenvalue weighted by molar-refractivity contribution is 7.92. The summed E-state index contributed by atoms with van der Waals surface area (Å²) in [6.45, 7) is 3.75. The van der Waals surface area contributed by atoms with Crippen LogP contribution in [0.5, 0.6) is 5.75 Å². The number of nitrogens with one attached hydrogen (secondary N) is 1. The quantitative estimate of drug-likeness (QED) is 0.404. The van der Waals surface area contributed by atoms with Crippen LogP contribution in [-0.4, -0.2) is 69.0 Å². The minimum Gasteiger partial charge on any atom is -0.494 e. The van der Waals surface area contributed by atoms with Crippen molar-refractivity contribution >= 4 is 39.6 Å². The van der Waals surface area contributed by atoms with Gasteiger partial charge in [0.1, 0.15) is 17.1 Å². The molecule has 0 atom stereocenters. The highest BCUT2D eigenvalue weighted by Gasteiger charge is 2.47. The Labute approximate surface area is 248 Å². The van der Waals surface area contributed by atoms with E-state index in [4.69, 9.17) is 10.5 Å². The maximum Gasteiger partial charge on any atom is 0.389 e. The molecule has 0 unspecified atom stereocenters. The summed E-state index contributed by atoms with van der Waals surface area (Å²) >= 11 is 0. The second-order valence-electron chi connectivity index (χ2n) is 10.7. The molecule has 2 aromatic carbocycles. The van der Waals surface area contributed by atoms with Crippen molar-refractivity contribution in [2.45, 2.75) is 51.2 Å². The van der Waals surface area contributed by atoms with E-state index in [1.54, 1.807) is 43.4 Å². The predicted octanol–water partition coefficient (Wildman–Crippen LogP) is 4.25. The lowest BCUT2D eigenvalue weighted by Gasteiger charge is -2.34. The molecule has 0 saturated carbocycles. The number of piperidine rings is 1. The first-order valence-electron chi connectivity index (χ1n) is 13.6. The zero-order valence-corrected chi connectivity index (χ0v) is 24.9. The molecule has 14 heteroatoms. The van der Waals surface area contributed by atoms with Crippen LogP contribution in [0.2, 0.25) is 0 Å². The van der Waals surface area contributed by atoms with Crippen molar-refractivity contribution < 1.29 is 35.9 Å². The van der Waals surface area contributed by atoms with E-state index >= 15 is 0 Å². The summed E-state index contributed by atoms with van der Waals surface area (Å²) < 4.78 is 69.9. The Kier molecular flexibility index (Phi) is 9.21. The number of amides is 3. The van der Waals surface area contributed by atoms with E-state index in [2.05, 4.69) is 10.3 Å². The van der Waals surface area contributed by atoms with Gasteiger partial charge in [-0.3, -0.25) is 14.7 Å². The van der Waals surface area contributed by atoms with E-state index in [-0.39, 0.29) is 44.9 Å². The average Bonchev–Trinajstić information content (AvgIpc) is 3.25. The first-order valence-corrected chi connectivity index (χ1v) is 15.1. The number of carbonyl (C=O) groups is 2. The maximum atomic E-state index is 13.2. The van der Waals surface area contributed by atoms with Crippen molar-refractivity contribution in [2.75, 3.05) is 31.6 Å². The normalized spacial score (nSPS) is 17.3. The number of aliphatic imine (C=N–C) groups is 1. The summed E-state index contributed by atoms with van der Waals surface area (Å²) in [5.41, 5.74) is 7.72. The van der Waals surface area contributed by atoms with Gasteiger partial charge in [-0.2, -0.15) is 17.5 Å². The Morgan fingerprint density at radius 1 is 1.16 bits per heavy atom. The molecule has 3 N–H and O–H groups in total. The van der Waals surface area contributed by atoms with Gasteiger partial charge in [0.05, 0.1) is 6.61 Å². The maximum absolute atomic E-state index is 13.2. The summed E-state index contributed by atoms with van der Waals surface area (Å²) in [6.07, 6.45) is -3.38. The Morgan fingerprint density at radius 2 is 1.77 bits per heavy atom. The highest BCUT2D eigenvalue weighted by Crippen LogP contribution is 2.33. The summed E-state index contributed by atoms with van der Waals surface area (Å²) in [6, 6.07) is 9.40. The second kappa shape index (κ2) is 12.4. The third-order valence-corrected chi connectivity index (χ3v) is 9.16. The zero-order valence-electron chi connectivity index (χ0n) is 24.1. The lowest BCUT2D eigenvalue weighted by Crippen LogP contribution is -2.50. The fourth-order valence-corrected chi connectivity index (χ4v) is 6.22. The lowest BCUT2D eigenvalue weighted by molar-refractivity contribution is -0.136. The Bertz CT molecular complexity index is 1520. The van der Waals surface area contributed by atoms with Crippen molar-refractivity contribution in [3.05, 3.63) is 64.1 Å². The summed E-state index contributed by atoms with van der Waals surface area (Å²) in [4.78, 5) is 30.4. The molecule has 10 nitrogen and oxygen atoms in total. The second-order valence-corrected chi connectivity index (χ2v) is 12.5. The van der Waals surface area contributed by atoms with Crippen LogP contribution < -0.4 is 20.7 Å². The number of urea groups is 1. The molecular weight excluding hydrogens is 587 g/mol. The molecule has 3 amide bonds. The topological polar surface area (TPSA) is 134 Å². The van der Waals surface area contributed by atoms with Gasteiger partial charge in [-0.05, 0) is 92.3 Å². The number of ether oxygens (including phenoxy) is 1. The predicted molar refractivity (Wildman–Crippen MR) is 157 cm³/mol. The number of primary amides is 1. The van der Waals surface area contributed by atoms with Gasteiger partial charge in [0, 0.05) is 43.2 Å². The molecular formula is C29H34F3N5O5S. The van der Waals surface area contributed by atoms with Crippen LogP contribution in [0.15, 0.2) is 46.8 Å². The van der Waals surface area contributed by atoms with Crippen LogP contribution in [-0.2, 0) is 14.8 Å². The van der Waals surface area contributed by atoms with E-state index in [1.165, 1.54) is 15.3 Å². The minimum atomic E-state index is -4.23. The first kappa shape index (κ1) is 32.0. The van der Waals surface area contributed by atoms with Crippen molar-refractivity contribution in [3.8, 4) is 5.75 Å². The van der Waals surface area contributed by atoms with Crippen LogP contribution in [0.1, 0.15) is 47.9 Å². The van der Waals surface area contributed by atoms with E-state index in [1.807, 2.05) is 13.8 Å². The van der Waals surface area contributed by atoms with Gasteiger partial charge in [-0.25, -0.2) is 13.2 Å². The van der Waals surface area contributed by atoms with E-state index in [9.17, 15) is 31.2 Å². The summed E-state index contributed by atoms with van der Waals surface area (Å²) in [5.74, 6) is 0.437. The number of sulfonamides is 1. The molecule has 0 aliphatic carbocycles. The van der Waals surface area contributed by atoms with Gasteiger partial charge >= 0.3 is 12.2 Å². The number of rotatable bonds is 9. The van der Waals surface area contributed by atoms with Crippen molar-refractivity contribution in [1.29, 1.82) is 0 Å². The van der Waals surface area contributed by atoms with E-state index in [0.717, 1.165) is 16.5 Å². The summed E-state index contributed by atoms with van der Waals surface area (Å²) in [5, 5.41) is 3.93. The van der Waals surface area contributed by atoms with Gasteiger partial charge < -0.3 is 15.8 Å². The Hall–Kier alpha value is -3.91. The third-order valence-electron chi connectivity index (χ3n) is 7.59. The largest absolute Gasteiger partial charge is 0.494 e. The number of aryl methyl sites for hydroxylation is 2. The minimum absolute atomic E-state index is 0.0751. The number of carbonyl (C=O) groups excluding carboxylic acids is 2. The van der Waals surface area contributed by atoms with Crippen LogP contribution in [0.3, 0.4) is 0 Å². The molecule has 43 heavy (non-hydrogen) atoms. The van der Waals surface area contributed by atoms with Gasteiger partial charge in [-0.1, -0.05) is 0 Å². The molecule has 2 aliphatic heterocycles. The van der Waals surface area contributed by atoms with Gasteiger partial charge in [-0.15, -0.1) is 0 Å². The van der Waals surface area contributed by atoms with Crippen molar-refractivity contribution in [3.63, 3.8) is 0 Å². The molecule has 2 aliphatic rings. The molecule has 4 rings (SSSR count). The van der Waals surface area contributed by atoms with Crippen LogP contribution >= 0.6 is 0 Å². The van der Waals surface area contributed by atoms with Gasteiger partial charge in [0.2, 0.25) is 10.0 Å². The standard InChI is InChI=1S/C29H34F3N5O5S/c1-19-17-22(36(3)27(33)39)18-20(2)24(19)9-16-43(40,41)37-13-11-28(12-14-37)26(38)34-25(35-28)21-5-7-23(8-6-21)42-15-4-10-29(30,31)32/h5-9,16-18H,4,10-15H2,1-3H3,(H2,33,39)(H,34,35,38). The Balaban J connectivity index is 1.39. The fourth-order valence-electron chi connectivity index (χ4n) is 5.05. The first-order chi connectivity index (χ1) is 20.1. The number of hydrogen-bond donors (Lipinski definition) is 2. The number of nitrogens with two attached hydrogens (primary N) is 1. The molecule has 1 spiro atoms. The molecule has 2 heterocycles. The number of benzene rings is 2. The SMILES string of the molecule is Cc1cc(N(C)C(N)=O)cc(C)c1C=CS(=O)(=O)N1CCC2(CC1)N=C(c1ccc(OCCCC(F)(F)F)cc1)NC2=O. The fraction of sp³-hybridized carbons (Fsp3) is 0.414. The van der Waals surface area contributed by atoms with Crippen molar-refractivity contribution in [2.24, 2.45) is 10.7 Å². The summed E-state index contributed by atoms with van der Waals surface area (Å²) in [7, 11) is -2.24. The van der Waals surface area contributed by atoms with Crippen LogP contribution in [0.25, 0.3) is 6.08 Å². The number of anilines is 1. The average molecular weight is 622 g/mol. The molecule has 232 valence electrons. The highest BCUT2D eigenvalue weighted by atomic mass is 32.2. The smallest absolute Gasteiger partial charge is 0.389 e. The molecule has 1 saturated heterocycles. The third kappa shape index (κ3) is 7.54. The van der Waals surface area contributed by atoms with Crippen LogP contribution in [0.4, 0.5) is 23.7 Å². The molecule has 1 fully saturated rings. The number of hydrogen-bond acceptors (Lipinski definition) is 6. The number of amidine groups is 1. The molecule has 0 bridgehead atoms. The number of nitrogens with zero attached hydrogens (tertiary/aromatic N) is 3. The lowest BCUT2D eigenvalue weighted by atomic mass is 9.89. The monoisotopic (exact) mass is 621 g/mol. The van der Waals surface area contributed by atoms with Gasteiger partial charge in [0.15, 0.2) is 0 Å². The van der Waals surface area contributed by atoms with Crippen molar-refractivity contribution in [1.82, 2.24) is 9.62 Å².